The van der Waals surface area contributed by atoms with Gasteiger partial charge < -0.3 is 15.2 Å². The fraction of sp³-hybridized carbons (Fsp3) is 0.533. The quantitative estimate of drug-likeness (QED) is 0.792. The van der Waals surface area contributed by atoms with Crippen LogP contribution in [-0.2, 0) is 11.3 Å². The molecule has 1 aromatic carbocycles. The van der Waals surface area contributed by atoms with Crippen molar-refractivity contribution in [2.24, 2.45) is 5.41 Å². The van der Waals surface area contributed by atoms with Gasteiger partial charge in [-0.2, -0.15) is 0 Å². The molecule has 0 aliphatic rings. The van der Waals surface area contributed by atoms with E-state index in [0.29, 0.717) is 25.1 Å². The maximum absolute atomic E-state index is 12.0. The van der Waals surface area contributed by atoms with Crippen molar-refractivity contribution < 1.29 is 14.6 Å². The summed E-state index contributed by atoms with van der Waals surface area (Å²) in [7, 11) is 1.63. The van der Waals surface area contributed by atoms with Crippen LogP contribution < -0.4 is 5.32 Å². The minimum absolute atomic E-state index is 0.0935. The van der Waals surface area contributed by atoms with Gasteiger partial charge in [-0.25, -0.2) is 0 Å². The number of carbonyl (C=O) groups is 1. The third-order valence-corrected chi connectivity index (χ3v) is 3.02. The number of aliphatic hydroxyl groups excluding tert-OH is 1. The molecular formula is C15H23NO3. The number of carbonyl (C=O) groups excluding carboxylic acids is 1. The van der Waals surface area contributed by atoms with E-state index in [2.05, 4.69) is 5.32 Å². The molecule has 0 atom stereocenters. The van der Waals surface area contributed by atoms with Gasteiger partial charge in [0.25, 0.3) is 5.91 Å². The van der Waals surface area contributed by atoms with Gasteiger partial charge in [-0.1, -0.05) is 26.0 Å². The normalized spacial score (nSPS) is 11.4. The number of ether oxygens (including phenoxy) is 1. The van der Waals surface area contributed by atoms with Crippen molar-refractivity contribution in [3.8, 4) is 0 Å². The predicted octanol–water partition coefficient (Wildman–Crippen LogP) is 1.97. The molecule has 2 N–H and O–H groups in total. The lowest BCUT2D eigenvalue weighted by atomic mass is 9.89. The molecule has 0 spiro atoms. The summed E-state index contributed by atoms with van der Waals surface area (Å²) in [6, 6.07) is 7.39. The molecule has 0 saturated heterocycles. The molecule has 1 amide bonds. The first kappa shape index (κ1) is 15.7. The van der Waals surface area contributed by atoms with Crippen molar-refractivity contribution in [3.63, 3.8) is 0 Å². The molecule has 0 bridgehead atoms. The lowest BCUT2D eigenvalue weighted by Crippen LogP contribution is -2.34. The third-order valence-electron chi connectivity index (χ3n) is 3.02. The van der Waals surface area contributed by atoms with Gasteiger partial charge in [0.2, 0.25) is 0 Å². The Morgan fingerprint density at radius 2 is 2.16 bits per heavy atom. The molecule has 1 rings (SSSR count). The van der Waals surface area contributed by atoms with Crippen molar-refractivity contribution in [1.82, 2.24) is 5.32 Å². The number of nitrogens with one attached hydrogen (secondary N) is 1. The Balaban J connectivity index is 2.60. The molecule has 0 saturated carbocycles. The van der Waals surface area contributed by atoms with Crippen LogP contribution in [0.3, 0.4) is 0 Å². The largest absolute Gasteiger partial charge is 0.396 e. The number of amides is 1. The van der Waals surface area contributed by atoms with E-state index < -0.39 is 0 Å². The van der Waals surface area contributed by atoms with Crippen LogP contribution in [0.15, 0.2) is 24.3 Å². The molecule has 4 nitrogen and oxygen atoms in total. The zero-order chi connectivity index (χ0) is 14.3. The monoisotopic (exact) mass is 265 g/mol. The molecule has 0 radical (unpaired) electrons. The summed E-state index contributed by atoms with van der Waals surface area (Å²) in [6.45, 7) is 5.21. The summed E-state index contributed by atoms with van der Waals surface area (Å²) in [5, 5.41) is 11.9. The van der Waals surface area contributed by atoms with Crippen molar-refractivity contribution in [1.29, 1.82) is 0 Å². The van der Waals surface area contributed by atoms with Crippen LogP contribution in [0.4, 0.5) is 0 Å². The molecule has 19 heavy (non-hydrogen) atoms. The summed E-state index contributed by atoms with van der Waals surface area (Å²) in [6.07, 6.45) is 0.664. The summed E-state index contributed by atoms with van der Waals surface area (Å²) in [5.41, 5.74) is 1.51. The smallest absolute Gasteiger partial charge is 0.251 e. The van der Waals surface area contributed by atoms with Gasteiger partial charge in [0.1, 0.15) is 0 Å². The Kier molecular flexibility index (Phi) is 5.99. The second-order valence-corrected chi connectivity index (χ2v) is 5.45. The summed E-state index contributed by atoms with van der Waals surface area (Å²) in [4.78, 5) is 12.0. The first-order chi connectivity index (χ1) is 8.98. The number of aliphatic hydroxyl groups is 1. The SMILES string of the molecule is COCc1cccc(C(=O)NCC(C)(C)CCO)c1. The number of benzene rings is 1. The lowest BCUT2D eigenvalue weighted by Gasteiger charge is -2.23. The highest BCUT2D eigenvalue weighted by molar-refractivity contribution is 5.94. The fourth-order valence-electron chi connectivity index (χ4n) is 1.78. The van der Waals surface area contributed by atoms with E-state index in [1.807, 2.05) is 32.0 Å². The second kappa shape index (κ2) is 7.26. The molecule has 0 heterocycles. The molecule has 106 valence electrons. The Hall–Kier alpha value is -1.39. The minimum Gasteiger partial charge on any atom is -0.396 e. The van der Waals surface area contributed by atoms with Crippen LogP contribution in [0.25, 0.3) is 0 Å². The maximum atomic E-state index is 12.0. The predicted molar refractivity (Wildman–Crippen MR) is 75.0 cm³/mol. The van der Waals surface area contributed by atoms with Gasteiger partial charge in [0.05, 0.1) is 6.61 Å². The maximum Gasteiger partial charge on any atom is 0.251 e. The second-order valence-electron chi connectivity index (χ2n) is 5.45. The third kappa shape index (κ3) is 5.41. The van der Waals surface area contributed by atoms with Crippen LogP contribution >= 0.6 is 0 Å². The minimum atomic E-state index is -0.103. The van der Waals surface area contributed by atoms with Crippen LogP contribution in [0, 0.1) is 5.41 Å². The number of hydrogen-bond donors (Lipinski definition) is 2. The van der Waals surface area contributed by atoms with Gasteiger partial charge >= 0.3 is 0 Å². The molecular weight excluding hydrogens is 242 g/mol. The molecule has 0 aromatic heterocycles. The van der Waals surface area contributed by atoms with E-state index in [1.54, 1.807) is 13.2 Å². The topological polar surface area (TPSA) is 58.6 Å². The molecule has 0 aliphatic heterocycles. The first-order valence-electron chi connectivity index (χ1n) is 6.45. The Morgan fingerprint density at radius 1 is 1.42 bits per heavy atom. The van der Waals surface area contributed by atoms with Crippen molar-refractivity contribution >= 4 is 5.91 Å². The standard InChI is InChI=1S/C15H23NO3/c1-15(2,7-8-17)11-16-14(18)13-6-4-5-12(9-13)10-19-3/h4-6,9,17H,7-8,10-11H2,1-3H3,(H,16,18). The van der Waals surface area contributed by atoms with E-state index >= 15 is 0 Å². The molecule has 4 heteroatoms. The molecule has 0 unspecified atom stereocenters. The van der Waals surface area contributed by atoms with E-state index in [-0.39, 0.29) is 17.9 Å². The van der Waals surface area contributed by atoms with Gasteiger partial charge in [-0.15, -0.1) is 0 Å². The average Bonchev–Trinajstić information content (AvgIpc) is 2.37. The van der Waals surface area contributed by atoms with Gasteiger partial charge in [-0.3, -0.25) is 4.79 Å². The van der Waals surface area contributed by atoms with Crippen molar-refractivity contribution in [3.05, 3.63) is 35.4 Å². The molecule has 0 fully saturated rings. The van der Waals surface area contributed by atoms with Crippen LogP contribution in [0.1, 0.15) is 36.2 Å². The fourth-order valence-corrected chi connectivity index (χ4v) is 1.78. The van der Waals surface area contributed by atoms with Gasteiger partial charge in [0, 0.05) is 25.8 Å². The Morgan fingerprint density at radius 3 is 2.79 bits per heavy atom. The average molecular weight is 265 g/mol. The number of hydrogen-bond acceptors (Lipinski definition) is 3. The van der Waals surface area contributed by atoms with Crippen molar-refractivity contribution in [2.45, 2.75) is 26.9 Å². The summed E-state index contributed by atoms with van der Waals surface area (Å²) in [5.74, 6) is -0.0935. The van der Waals surface area contributed by atoms with Gasteiger partial charge in [-0.05, 0) is 29.5 Å². The summed E-state index contributed by atoms with van der Waals surface area (Å²) >= 11 is 0. The van der Waals surface area contributed by atoms with Crippen molar-refractivity contribution in [2.75, 3.05) is 20.3 Å². The summed E-state index contributed by atoms with van der Waals surface area (Å²) < 4.78 is 5.05. The highest BCUT2D eigenvalue weighted by Gasteiger charge is 2.18. The van der Waals surface area contributed by atoms with Crippen LogP contribution in [0.5, 0.6) is 0 Å². The highest BCUT2D eigenvalue weighted by atomic mass is 16.5. The first-order valence-corrected chi connectivity index (χ1v) is 6.45. The lowest BCUT2D eigenvalue weighted by molar-refractivity contribution is 0.0928. The Bertz CT molecular complexity index is 416. The van der Waals surface area contributed by atoms with E-state index in [1.165, 1.54) is 0 Å². The van der Waals surface area contributed by atoms with E-state index in [0.717, 1.165) is 5.56 Å². The Labute approximate surface area is 114 Å². The van der Waals surface area contributed by atoms with Gasteiger partial charge in [0.15, 0.2) is 0 Å². The van der Waals surface area contributed by atoms with Crippen LogP contribution in [-0.4, -0.2) is 31.3 Å². The zero-order valence-corrected chi connectivity index (χ0v) is 11.9. The number of rotatable bonds is 7. The van der Waals surface area contributed by atoms with Crippen LogP contribution in [0.2, 0.25) is 0 Å². The van der Waals surface area contributed by atoms with E-state index in [4.69, 9.17) is 9.84 Å². The molecule has 1 aromatic rings. The molecule has 0 aliphatic carbocycles. The number of methoxy groups -OCH3 is 1. The van der Waals surface area contributed by atoms with E-state index in [9.17, 15) is 4.79 Å². The highest BCUT2D eigenvalue weighted by Crippen LogP contribution is 2.18. The zero-order valence-electron chi connectivity index (χ0n) is 11.9.